The Bertz CT molecular complexity index is 527. The Balaban J connectivity index is 2.12. The molecule has 0 bridgehead atoms. The molecular formula is C12H10ClF2NS. The van der Waals surface area contributed by atoms with Gasteiger partial charge in [0.2, 0.25) is 0 Å². The molecule has 1 unspecified atom stereocenters. The number of thiazole rings is 1. The summed E-state index contributed by atoms with van der Waals surface area (Å²) in [6.07, 6.45) is 0.432. The number of halogens is 3. The smallest absolute Gasteiger partial charge is 0.159 e. The first-order valence-electron chi connectivity index (χ1n) is 5.06. The molecule has 1 aromatic carbocycles. The summed E-state index contributed by atoms with van der Waals surface area (Å²) in [5.41, 5.74) is 1.44. The Morgan fingerprint density at radius 1 is 1.35 bits per heavy atom. The lowest BCUT2D eigenvalue weighted by Crippen LogP contribution is -1.98. The van der Waals surface area contributed by atoms with Gasteiger partial charge in [-0.1, -0.05) is 6.07 Å². The van der Waals surface area contributed by atoms with Gasteiger partial charge < -0.3 is 0 Å². The van der Waals surface area contributed by atoms with Gasteiger partial charge in [0.15, 0.2) is 11.6 Å². The fraction of sp³-hybridized carbons (Fsp3) is 0.250. The molecule has 2 rings (SSSR count). The van der Waals surface area contributed by atoms with E-state index in [4.69, 9.17) is 11.6 Å². The van der Waals surface area contributed by atoms with E-state index in [1.54, 1.807) is 0 Å². The molecule has 17 heavy (non-hydrogen) atoms. The fourth-order valence-electron chi connectivity index (χ4n) is 1.50. The molecule has 1 heterocycles. The third-order valence-corrected chi connectivity index (χ3v) is 3.53. The van der Waals surface area contributed by atoms with Gasteiger partial charge in [-0.3, -0.25) is 0 Å². The molecule has 0 saturated heterocycles. The summed E-state index contributed by atoms with van der Waals surface area (Å²) in [7, 11) is 0. The Labute approximate surface area is 107 Å². The molecule has 0 aliphatic heterocycles. The van der Waals surface area contributed by atoms with Crippen molar-refractivity contribution in [2.24, 2.45) is 0 Å². The van der Waals surface area contributed by atoms with E-state index >= 15 is 0 Å². The van der Waals surface area contributed by atoms with Crippen LogP contribution in [0, 0.1) is 18.6 Å². The van der Waals surface area contributed by atoms with E-state index < -0.39 is 11.6 Å². The lowest BCUT2D eigenvalue weighted by atomic mass is 10.1. The zero-order valence-electron chi connectivity index (χ0n) is 9.08. The van der Waals surface area contributed by atoms with E-state index in [1.165, 1.54) is 23.5 Å². The topological polar surface area (TPSA) is 12.9 Å². The van der Waals surface area contributed by atoms with Crippen LogP contribution in [0.5, 0.6) is 0 Å². The van der Waals surface area contributed by atoms with Gasteiger partial charge in [0, 0.05) is 5.38 Å². The number of alkyl halides is 1. The zero-order chi connectivity index (χ0) is 12.4. The minimum atomic E-state index is -0.846. The number of benzene rings is 1. The second-order valence-electron chi connectivity index (χ2n) is 3.71. The third-order valence-electron chi connectivity index (χ3n) is 2.36. The maximum Gasteiger partial charge on any atom is 0.159 e. The van der Waals surface area contributed by atoms with Gasteiger partial charge in [-0.15, -0.1) is 22.9 Å². The average Bonchev–Trinajstić information content (AvgIpc) is 2.70. The van der Waals surface area contributed by atoms with Crippen molar-refractivity contribution >= 4 is 22.9 Å². The molecule has 0 saturated carbocycles. The highest BCUT2D eigenvalue weighted by Gasteiger charge is 2.13. The highest BCUT2D eigenvalue weighted by atomic mass is 35.5. The molecule has 90 valence electrons. The summed E-state index contributed by atoms with van der Waals surface area (Å²) < 4.78 is 25.7. The van der Waals surface area contributed by atoms with Crippen molar-refractivity contribution < 1.29 is 8.78 Å². The van der Waals surface area contributed by atoms with Crippen molar-refractivity contribution in [3.05, 3.63) is 51.5 Å². The molecule has 0 aliphatic rings. The van der Waals surface area contributed by atoms with Crippen molar-refractivity contribution in [3.63, 3.8) is 0 Å². The number of hydrogen-bond donors (Lipinski definition) is 0. The number of aromatic nitrogens is 1. The van der Waals surface area contributed by atoms with Crippen LogP contribution in [0.15, 0.2) is 23.6 Å². The lowest BCUT2D eigenvalue weighted by Gasteiger charge is -2.07. The van der Waals surface area contributed by atoms with Crippen molar-refractivity contribution in [1.29, 1.82) is 0 Å². The second-order valence-corrected chi connectivity index (χ2v) is 5.30. The highest BCUT2D eigenvalue weighted by molar-refractivity contribution is 7.09. The van der Waals surface area contributed by atoms with Crippen molar-refractivity contribution in [1.82, 2.24) is 4.98 Å². The van der Waals surface area contributed by atoms with Gasteiger partial charge >= 0.3 is 0 Å². The predicted octanol–water partition coefficient (Wildman–Crippen LogP) is 4.25. The Kier molecular flexibility index (Phi) is 3.74. The van der Waals surface area contributed by atoms with Crippen LogP contribution < -0.4 is 0 Å². The summed E-state index contributed by atoms with van der Waals surface area (Å²) in [5.74, 6) is -1.69. The maximum absolute atomic E-state index is 13.0. The second kappa shape index (κ2) is 5.10. The van der Waals surface area contributed by atoms with E-state index in [0.717, 1.165) is 16.8 Å². The molecule has 1 aromatic heterocycles. The van der Waals surface area contributed by atoms with E-state index in [0.29, 0.717) is 12.0 Å². The van der Waals surface area contributed by atoms with Gasteiger partial charge in [0.25, 0.3) is 0 Å². The SMILES string of the molecule is Cc1nc(C(Cl)Cc2ccc(F)c(F)c2)cs1. The monoisotopic (exact) mass is 273 g/mol. The summed E-state index contributed by atoms with van der Waals surface area (Å²) in [6.45, 7) is 1.90. The van der Waals surface area contributed by atoms with Crippen LogP contribution >= 0.6 is 22.9 Å². The molecule has 0 radical (unpaired) electrons. The van der Waals surface area contributed by atoms with Crippen LogP contribution in [0.25, 0.3) is 0 Å². The van der Waals surface area contributed by atoms with Gasteiger partial charge in [-0.2, -0.15) is 0 Å². The molecule has 0 fully saturated rings. The Hall–Kier alpha value is -1.000. The minimum Gasteiger partial charge on any atom is -0.245 e. The first kappa shape index (κ1) is 12.5. The fourth-order valence-corrected chi connectivity index (χ4v) is 2.53. The highest BCUT2D eigenvalue weighted by Crippen LogP contribution is 2.26. The molecule has 1 nitrogen and oxygen atoms in total. The Morgan fingerprint density at radius 3 is 2.71 bits per heavy atom. The number of hydrogen-bond acceptors (Lipinski definition) is 2. The third kappa shape index (κ3) is 3.01. The standard InChI is InChI=1S/C12H10ClF2NS/c1-7-16-12(6-17-7)9(13)4-8-2-3-10(14)11(15)5-8/h2-3,5-6,9H,4H2,1H3. The van der Waals surface area contributed by atoms with Crippen molar-refractivity contribution in [3.8, 4) is 0 Å². The molecular weight excluding hydrogens is 264 g/mol. The van der Waals surface area contributed by atoms with Gasteiger partial charge in [0.1, 0.15) is 0 Å². The predicted molar refractivity (Wildman–Crippen MR) is 65.5 cm³/mol. The van der Waals surface area contributed by atoms with E-state index in [9.17, 15) is 8.78 Å². The van der Waals surface area contributed by atoms with Gasteiger partial charge in [-0.05, 0) is 31.0 Å². The van der Waals surface area contributed by atoms with Crippen LogP contribution in [0.3, 0.4) is 0 Å². The number of aryl methyl sites for hydroxylation is 1. The maximum atomic E-state index is 13.0. The molecule has 1 atom stereocenters. The van der Waals surface area contributed by atoms with Crippen molar-refractivity contribution in [2.45, 2.75) is 18.7 Å². The summed E-state index contributed by atoms with van der Waals surface area (Å²) in [6, 6.07) is 3.82. The van der Waals surface area contributed by atoms with Gasteiger partial charge in [0.05, 0.1) is 16.1 Å². The lowest BCUT2D eigenvalue weighted by molar-refractivity contribution is 0.507. The molecule has 0 spiro atoms. The quantitative estimate of drug-likeness (QED) is 0.762. The van der Waals surface area contributed by atoms with E-state index in [-0.39, 0.29) is 5.38 Å². The first-order chi connectivity index (χ1) is 8.06. The zero-order valence-corrected chi connectivity index (χ0v) is 10.7. The minimum absolute atomic E-state index is 0.315. The number of rotatable bonds is 3. The van der Waals surface area contributed by atoms with Crippen LogP contribution in [-0.4, -0.2) is 4.98 Å². The largest absolute Gasteiger partial charge is 0.245 e. The van der Waals surface area contributed by atoms with Crippen LogP contribution in [-0.2, 0) is 6.42 Å². The molecule has 2 aromatic rings. The van der Waals surface area contributed by atoms with E-state index in [2.05, 4.69) is 4.98 Å². The van der Waals surface area contributed by atoms with Crippen molar-refractivity contribution in [2.75, 3.05) is 0 Å². The van der Waals surface area contributed by atoms with Crippen LogP contribution in [0.4, 0.5) is 8.78 Å². The van der Waals surface area contributed by atoms with Crippen LogP contribution in [0.1, 0.15) is 21.6 Å². The first-order valence-corrected chi connectivity index (χ1v) is 6.38. The summed E-state index contributed by atoms with van der Waals surface area (Å²) in [5, 5.41) is 2.51. The van der Waals surface area contributed by atoms with Crippen LogP contribution in [0.2, 0.25) is 0 Å². The van der Waals surface area contributed by atoms with E-state index in [1.807, 2.05) is 12.3 Å². The normalized spacial score (nSPS) is 12.7. The molecule has 0 N–H and O–H groups in total. The van der Waals surface area contributed by atoms with Gasteiger partial charge in [-0.25, -0.2) is 13.8 Å². The average molecular weight is 274 g/mol. The Morgan fingerprint density at radius 2 is 2.12 bits per heavy atom. The summed E-state index contributed by atoms with van der Waals surface area (Å²) in [4.78, 5) is 4.27. The molecule has 0 amide bonds. The molecule has 0 aliphatic carbocycles. The molecule has 5 heteroatoms. The number of nitrogens with zero attached hydrogens (tertiary/aromatic N) is 1. The summed E-state index contributed by atoms with van der Waals surface area (Å²) >= 11 is 7.69.